The van der Waals surface area contributed by atoms with Gasteiger partial charge in [-0.1, -0.05) is 6.08 Å². The van der Waals surface area contributed by atoms with Gasteiger partial charge in [-0.25, -0.2) is 4.79 Å². The molecular weight excluding hydrogens is 242 g/mol. The van der Waals surface area contributed by atoms with Gasteiger partial charge in [-0.3, -0.25) is 0 Å². The molecule has 1 heterocycles. The smallest absolute Gasteiger partial charge is 0.319 e. The fraction of sp³-hybridized carbons (Fsp3) is 0.143. The highest BCUT2D eigenvalue weighted by Gasteiger charge is 2.05. The minimum Gasteiger partial charge on any atom is -0.467 e. The Kier molecular flexibility index (Phi) is 4.19. The largest absolute Gasteiger partial charge is 0.467 e. The van der Waals surface area contributed by atoms with E-state index < -0.39 is 0 Å². The molecule has 0 atom stereocenters. The number of amides is 2. The lowest BCUT2D eigenvalue weighted by atomic mass is 10.2. The van der Waals surface area contributed by atoms with Crippen LogP contribution < -0.4 is 10.6 Å². The lowest BCUT2D eigenvalue weighted by molar-refractivity contribution is 0.242. The standard InChI is InChI=1S/C14H13N3O2/c15-9-11-3-1-4-12(7-6-11)17-14(18)16-10-13-5-2-8-19-13/h1-3,5-8H,4,10H2,(H2,16,17,18). The highest BCUT2D eigenvalue weighted by Crippen LogP contribution is 2.08. The van der Waals surface area contributed by atoms with Crippen molar-refractivity contribution in [3.8, 4) is 6.07 Å². The highest BCUT2D eigenvalue weighted by molar-refractivity contribution is 5.76. The molecule has 0 spiro atoms. The van der Waals surface area contributed by atoms with Crippen LogP contribution in [-0.2, 0) is 6.54 Å². The number of rotatable bonds is 3. The highest BCUT2D eigenvalue weighted by atomic mass is 16.3. The Balaban J connectivity index is 1.86. The Hall–Kier alpha value is -2.74. The summed E-state index contributed by atoms with van der Waals surface area (Å²) in [5.41, 5.74) is 1.30. The molecule has 0 fully saturated rings. The number of furan rings is 1. The summed E-state index contributed by atoms with van der Waals surface area (Å²) in [6, 6.07) is 5.30. The summed E-state index contributed by atoms with van der Waals surface area (Å²) in [5, 5.41) is 14.2. The molecule has 2 amide bonds. The topological polar surface area (TPSA) is 78.1 Å². The van der Waals surface area contributed by atoms with E-state index in [1.807, 2.05) is 6.08 Å². The van der Waals surface area contributed by atoms with E-state index in [0.717, 1.165) is 5.70 Å². The summed E-state index contributed by atoms with van der Waals surface area (Å²) in [5.74, 6) is 0.691. The first-order chi connectivity index (χ1) is 9.28. The second-order valence-electron chi connectivity index (χ2n) is 3.92. The van der Waals surface area contributed by atoms with Crippen LogP contribution in [0.2, 0.25) is 0 Å². The second-order valence-corrected chi connectivity index (χ2v) is 3.92. The number of nitrogens with zero attached hydrogens (tertiary/aromatic N) is 1. The van der Waals surface area contributed by atoms with Crippen LogP contribution in [0.4, 0.5) is 4.79 Å². The number of carbonyl (C=O) groups is 1. The quantitative estimate of drug-likeness (QED) is 0.870. The average Bonchev–Trinajstić information content (AvgIpc) is 2.83. The van der Waals surface area contributed by atoms with Gasteiger partial charge in [-0.05, 0) is 30.4 Å². The Morgan fingerprint density at radius 2 is 2.37 bits per heavy atom. The van der Waals surface area contributed by atoms with Gasteiger partial charge in [0, 0.05) is 12.1 Å². The van der Waals surface area contributed by atoms with Crippen LogP contribution in [0.15, 0.2) is 58.4 Å². The average molecular weight is 255 g/mol. The van der Waals surface area contributed by atoms with E-state index in [-0.39, 0.29) is 6.03 Å². The SMILES string of the molecule is N#CC1=CC=C(NC(=O)NCc2ccco2)CC=C1. The zero-order chi connectivity index (χ0) is 13.5. The maximum Gasteiger partial charge on any atom is 0.319 e. The van der Waals surface area contributed by atoms with Crippen molar-refractivity contribution in [3.63, 3.8) is 0 Å². The molecule has 0 saturated heterocycles. The third kappa shape index (κ3) is 3.89. The fourth-order valence-electron chi connectivity index (χ4n) is 1.56. The first kappa shape index (κ1) is 12.7. The Labute approximate surface area is 110 Å². The number of allylic oxidation sites excluding steroid dienone is 5. The number of urea groups is 1. The maximum absolute atomic E-state index is 11.7. The number of nitriles is 1. The van der Waals surface area contributed by atoms with Gasteiger partial charge >= 0.3 is 6.03 Å². The van der Waals surface area contributed by atoms with E-state index in [1.165, 1.54) is 0 Å². The van der Waals surface area contributed by atoms with E-state index >= 15 is 0 Å². The van der Waals surface area contributed by atoms with Crippen molar-refractivity contribution in [1.82, 2.24) is 10.6 Å². The van der Waals surface area contributed by atoms with Crippen molar-refractivity contribution < 1.29 is 9.21 Å². The molecule has 96 valence electrons. The maximum atomic E-state index is 11.7. The molecule has 1 aliphatic carbocycles. The molecule has 2 N–H and O–H groups in total. The lowest BCUT2D eigenvalue weighted by Gasteiger charge is -2.07. The molecule has 0 radical (unpaired) electrons. The minimum absolute atomic E-state index is 0.301. The summed E-state index contributed by atoms with van der Waals surface area (Å²) in [6.45, 7) is 0.335. The number of nitrogens with one attached hydrogen (secondary N) is 2. The molecular formula is C14H13N3O2. The number of hydrogen-bond acceptors (Lipinski definition) is 3. The lowest BCUT2D eigenvalue weighted by Crippen LogP contribution is -2.34. The Morgan fingerprint density at radius 1 is 1.47 bits per heavy atom. The van der Waals surface area contributed by atoms with Crippen LogP contribution in [0.1, 0.15) is 12.2 Å². The van der Waals surface area contributed by atoms with Gasteiger partial charge < -0.3 is 15.1 Å². The summed E-state index contributed by atoms with van der Waals surface area (Å²) in [4.78, 5) is 11.7. The molecule has 5 heteroatoms. The molecule has 0 aromatic carbocycles. The van der Waals surface area contributed by atoms with Crippen molar-refractivity contribution in [1.29, 1.82) is 5.26 Å². The molecule has 19 heavy (non-hydrogen) atoms. The van der Waals surface area contributed by atoms with Crippen molar-refractivity contribution in [2.75, 3.05) is 0 Å². The summed E-state index contributed by atoms with van der Waals surface area (Å²) in [6.07, 6.45) is 9.10. The third-order valence-electron chi connectivity index (χ3n) is 2.51. The van der Waals surface area contributed by atoms with Gasteiger partial charge in [0.25, 0.3) is 0 Å². The normalized spacial score (nSPS) is 13.8. The predicted octanol–water partition coefficient (Wildman–Crippen LogP) is 2.37. The number of hydrogen-bond donors (Lipinski definition) is 2. The predicted molar refractivity (Wildman–Crippen MR) is 69.6 cm³/mol. The molecule has 0 saturated carbocycles. The first-order valence-electron chi connectivity index (χ1n) is 5.82. The molecule has 1 aliphatic rings. The van der Waals surface area contributed by atoms with E-state index in [1.54, 1.807) is 36.6 Å². The molecule has 1 aromatic rings. The van der Waals surface area contributed by atoms with Crippen LogP contribution in [0.3, 0.4) is 0 Å². The zero-order valence-corrected chi connectivity index (χ0v) is 10.2. The minimum atomic E-state index is -0.301. The number of carbonyl (C=O) groups excluding carboxylic acids is 1. The van der Waals surface area contributed by atoms with E-state index in [4.69, 9.17) is 9.68 Å². The van der Waals surface area contributed by atoms with Gasteiger partial charge in [0.2, 0.25) is 0 Å². The van der Waals surface area contributed by atoms with E-state index in [0.29, 0.717) is 24.3 Å². The van der Waals surface area contributed by atoms with Crippen LogP contribution in [0.25, 0.3) is 0 Å². The van der Waals surface area contributed by atoms with Crippen LogP contribution in [0.5, 0.6) is 0 Å². The van der Waals surface area contributed by atoms with Crippen molar-refractivity contribution in [2.45, 2.75) is 13.0 Å². The molecule has 5 nitrogen and oxygen atoms in total. The van der Waals surface area contributed by atoms with Crippen molar-refractivity contribution >= 4 is 6.03 Å². The Morgan fingerprint density at radius 3 is 3.11 bits per heavy atom. The van der Waals surface area contributed by atoms with Gasteiger partial charge in [0.15, 0.2) is 0 Å². The molecule has 0 bridgehead atoms. The van der Waals surface area contributed by atoms with Crippen LogP contribution >= 0.6 is 0 Å². The Bertz CT molecular complexity index is 574. The van der Waals surface area contributed by atoms with Crippen LogP contribution in [-0.4, -0.2) is 6.03 Å². The van der Waals surface area contributed by atoms with E-state index in [9.17, 15) is 4.79 Å². The van der Waals surface area contributed by atoms with Gasteiger partial charge in [-0.2, -0.15) is 5.26 Å². The monoisotopic (exact) mass is 255 g/mol. The molecule has 1 aromatic heterocycles. The first-order valence-corrected chi connectivity index (χ1v) is 5.82. The third-order valence-corrected chi connectivity index (χ3v) is 2.51. The van der Waals surface area contributed by atoms with Gasteiger partial charge in [0.1, 0.15) is 5.76 Å². The molecule has 2 rings (SSSR count). The van der Waals surface area contributed by atoms with Crippen molar-refractivity contribution in [3.05, 3.63) is 59.7 Å². The van der Waals surface area contributed by atoms with E-state index in [2.05, 4.69) is 16.7 Å². The van der Waals surface area contributed by atoms with Gasteiger partial charge in [0.05, 0.1) is 24.5 Å². The fourth-order valence-corrected chi connectivity index (χ4v) is 1.56. The van der Waals surface area contributed by atoms with Crippen molar-refractivity contribution in [2.24, 2.45) is 0 Å². The summed E-state index contributed by atoms with van der Waals surface area (Å²) < 4.78 is 5.11. The zero-order valence-electron chi connectivity index (χ0n) is 10.2. The summed E-state index contributed by atoms with van der Waals surface area (Å²) in [7, 11) is 0. The second kappa shape index (κ2) is 6.26. The molecule has 0 unspecified atom stereocenters. The summed E-state index contributed by atoms with van der Waals surface area (Å²) >= 11 is 0. The van der Waals surface area contributed by atoms with Gasteiger partial charge in [-0.15, -0.1) is 0 Å². The molecule has 0 aliphatic heterocycles. The van der Waals surface area contributed by atoms with Crippen LogP contribution in [0, 0.1) is 11.3 Å².